The van der Waals surface area contributed by atoms with Crippen molar-refractivity contribution in [3.63, 3.8) is 0 Å². The summed E-state index contributed by atoms with van der Waals surface area (Å²) < 4.78 is 5.93. The third-order valence-corrected chi connectivity index (χ3v) is 8.96. The maximum atomic E-state index is 12.8. The number of carbonyl (C=O) groups excluding carboxylic acids is 1. The van der Waals surface area contributed by atoms with Gasteiger partial charge in [-0.3, -0.25) is 9.59 Å². The molecule has 1 aromatic carbocycles. The fourth-order valence-electron chi connectivity index (χ4n) is 5.04. The second-order valence-corrected chi connectivity index (χ2v) is 11.1. The van der Waals surface area contributed by atoms with Crippen LogP contribution >= 0.6 is 23.1 Å². The molecule has 0 spiro atoms. The Balaban J connectivity index is 1.04. The minimum absolute atomic E-state index is 0.0346. The zero-order valence-corrected chi connectivity index (χ0v) is 20.5. The van der Waals surface area contributed by atoms with Gasteiger partial charge in [0.15, 0.2) is 11.5 Å². The highest BCUT2D eigenvalue weighted by molar-refractivity contribution is 7.99. The summed E-state index contributed by atoms with van der Waals surface area (Å²) in [4.78, 5) is 41.8. The van der Waals surface area contributed by atoms with E-state index in [1.807, 2.05) is 29.2 Å². The predicted molar refractivity (Wildman–Crippen MR) is 136 cm³/mol. The van der Waals surface area contributed by atoms with E-state index >= 15 is 0 Å². The molecule has 0 bridgehead atoms. The molecular weight excluding hydrogens is 468 g/mol. The SMILES string of the molecule is O=C(CSCc1nc2sc3c(c2c(=O)[nH]1)CCCC3)N1CCC(c2nc3ccccc3o2)CC1. The third kappa shape index (κ3) is 4.15. The molecule has 2 aliphatic rings. The van der Waals surface area contributed by atoms with Gasteiger partial charge < -0.3 is 14.3 Å². The van der Waals surface area contributed by atoms with Gasteiger partial charge in [-0.15, -0.1) is 23.1 Å². The van der Waals surface area contributed by atoms with E-state index in [4.69, 9.17) is 9.40 Å². The number of piperidine rings is 1. The quantitative estimate of drug-likeness (QED) is 0.434. The number of para-hydroxylation sites is 2. The highest BCUT2D eigenvalue weighted by atomic mass is 32.2. The number of aryl methyl sites for hydroxylation is 2. The number of carbonyl (C=O) groups is 1. The van der Waals surface area contributed by atoms with Crippen molar-refractivity contribution in [2.24, 2.45) is 0 Å². The molecule has 4 heterocycles. The minimum atomic E-state index is -0.0346. The molecule has 1 saturated heterocycles. The molecule has 1 N–H and O–H groups in total. The van der Waals surface area contributed by atoms with Crippen LogP contribution in [0.3, 0.4) is 0 Å². The third-order valence-electron chi connectivity index (χ3n) is 6.85. The van der Waals surface area contributed by atoms with Gasteiger partial charge in [0.2, 0.25) is 5.91 Å². The highest BCUT2D eigenvalue weighted by Gasteiger charge is 2.27. The molecule has 4 aromatic rings. The van der Waals surface area contributed by atoms with Crippen molar-refractivity contribution in [2.45, 2.75) is 50.2 Å². The lowest BCUT2D eigenvalue weighted by Crippen LogP contribution is -2.39. The fraction of sp³-hybridized carbons (Fsp3) is 0.440. The number of amides is 1. The van der Waals surface area contributed by atoms with Gasteiger partial charge in [-0.1, -0.05) is 12.1 Å². The molecule has 0 unspecified atom stereocenters. The zero-order chi connectivity index (χ0) is 23.1. The van der Waals surface area contributed by atoms with E-state index in [2.05, 4.69) is 9.97 Å². The van der Waals surface area contributed by atoms with Gasteiger partial charge in [-0.05, 0) is 56.2 Å². The van der Waals surface area contributed by atoms with Crippen molar-refractivity contribution in [3.8, 4) is 0 Å². The molecule has 9 heteroatoms. The van der Waals surface area contributed by atoms with Gasteiger partial charge in [0.25, 0.3) is 5.56 Å². The summed E-state index contributed by atoms with van der Waals surface area (Å²) in [6.07, 6.45) is 6.08. The van der Waals surface area contributed by atoms with E-state index in [1.54, 1.807) is 11.3 Å². The molecular formula is C25H26N4O3S2. The molecule has 0 radical (unpaired) electrons. The first kappa shape index (κ1) is 21.9. The van der Waals surface area contributed by atoms with Gasteiger partial charge in [0.05, 0.1) is 16.9 Å². The van der Waals surface area contributed by atoms with Crippen LogP contribution in [0.2, 0.25) is 0 Å². The molecule has 34 heavy (non-hydrogen) atoms. The average Bonchev–Trinajstić information content (AvgIpc) is 3.45. The first-order valence-corrected chi connectivity index (χ1v) is 13.9. The van der Waals surface area contributed by atoms with Gasteiger partial charge in [0, 0.05) is 23.9 Å². The monoisotopic (exact) mass is 494 g/mol. The number of rotatable bonds is 5. The van der Waals surface area contributed by atoms with Crippen LogP contribution in [0.25, 0.3) is 21.3 Å². The lowest BCUT2D eigenvalue weighted by Gasteiger charge is -2.30. The number of hydrogen-bond acceptors (Lipinski definition) is 7. The van der Waals surface area contributed by atoms with Gasteiger partial charge in [-0.25, -0.2) is 9.97 Å². The van der Waals surface area contributed by atoms with Crippen LogP contribution in [0.1, 0.15) is 53.8 Å². The summed E-state index contributed by atoms with van der Waals surface area (Å²) >= 11 is 3.17. The molecule has 1 aliphatic carbocycles. The van der Waals surface area contributed by atoms with Crippen LogP contribution in [0, 0.1) is 0 Å². The van der Waals surface area contributed by atoms with Crippen LogP contribution in [-0.2, 0) is 23.4 Å². The fourth-order valence-corrected chi connectivity index (χ4v) is 7.11. The summed E-state index contributed by atoms with van der Waals surface area (Å²) in [5.74, 6) is 2.74. The molecule has 3 aromatic heterocycles. The minimum Gasteiger partial charge on any atom is -0.440 e. The second-order valence-electron chi connectivity index (χ2n) is 9.07. The number of likely N-dealkylation sites (tertiary alicyclic amines) is 1. The Labute approximate surface area is 205 Å². The second kappa shape index (κ2) is 9.19. The maximum absolute atomic E-state index is 12.8. The number of nitrogens with zero attached hydrogens (tertiary/aromatic N) is 3. The smallest absolute Gasteiger partial charge is 0.259 e. The van der Waals surface area contributed by atoms with E-state index < -0.39 is 0 Å². The van der Waals surface area contributed by atoms with E-state index in [0.29, 0.717) is 30.4 Å². The van der Waals surface area contributed by atoms with E-state index in [0.717, 1.165) is 59.3 Å². The number of thioether (sulfide) groups is 1. The molecule has 0 saturated carbocycles. The predicted octanol–water partition coefficient (Wildman–Crippen LogP) is 4.64. The Kier molecular flexibility index (Phi) is 5.90. The van der Waals surface area contributed by atoms with Crippen molar-refractivity contribution in [3.05, 3.63) is 56.8 Å². The van der Waals surface area contributed by atoms with Crippen LogP contribution in [0.4, 0.5) is 0 Å². The van der Waals surface area contributed by atoms with E-state index in [1.165, 1.54) is 28.6 Å². The van der Waals surface area contributed by atoms with Crippen LogP contribution < -0.4 is 5.56 Å². The van der Waals surface area contributed by atoms with Crippen LogP contribution in [-0.4, -0.2) is 44.6 Å². The normalized spacial score (nSPS) is 16.9. The number of oxazole rings is 1. The molecule has 1 fully saturated rings. The average molecular weight is 495 g/mol. The van der Waals surface area contributed by atoms with Crippen molar-refractivity contribution in [1.82, 2.24) is 19.9 Å². The summed E-state index contributed by atoms with van der Waals surface area (Å²) in [5, 5.41) is 0.784. The largest absolute Gasteiger partial charge is 0.440 e. The molecule has 1 amide bonds. The highest BCUT2D eigenvalue weighted by Crippen LogP contribution is 2.34. The lowest BCUT2D eigenvalue weighted by molar-refractivity contribution is -0.129. The molecule has 0 atom stereocenters. The number of nitrogens with one attached hydrogen (secondary N) is 1. The van der Waals surface area contributed by atoms with Gasteiger partial charge in [-0.2, -0.15) is 0 Å². The Hall–Kier alpha value is -2.65. The standard InChI is InChI=1S/C25H26N4O3S2/c30-21(29-11-9-15(10-12-29)24-26-17-6-2-3-7-18(17)32-24)14-33-13-20-27-23(31)22-16-5-1-4-8-19(16)34-25(22)28-20/h2-3,6-7,15H,1,4-5,8-14H2,(H,27,28,31). The Morgan fingerprint density at radius 3 is 2.85 bits per heavy atom. The molecule has 7 nitrogen and oxygen atoms in total. The Bertz CT molecular complexity index is 1380. The summed E-state index contributed by atoms with van der Waals surface area (Å²) in [5.41, 5.74) is 2.88. The maximum Gasteiger partial charge on any atom is 0.259 e. The van der Waals surface area contributed by atoms with Crippen molar-refractivity contribution in [2.75, 3.05) is 18.8 Å². The number of aromatic nitrogens is 3. The van der Waals surface area contributed by atoms with Crippen molar-refractivity contribution in [1.29, 1.82) is 0 Å². The molecule has 176 valence electrons. The van der Waals surface area contributed by atoms with E-state index in [9.17, 15) is 9.59 Å². The van der Waals surface area contributed by atoms with Crippen molar-refractivity contribution < 1.29 is 9.21 Å². The van der Waals surface area contributed by atoms with Crippen LogP contribution in [0.5, 0.6) is 0 Å². The van der Waals surface area contributed by atoms with Gasteiger partial charge >= 0.3 is 0 Å². The topological polar surface area (TPSA) is 92.1 Å². The van der Waals surface area contributed by atoms with E-state index in [-0.39, 0.29) is 17.4 Å². The first-order valence-electron chi connectivity index (χ1n) is 11.9. The number of fused-ring (bicyclic) bond motifs is 4. The number of aromatic amines is 1. The number of benzene rings is 1. The number of hydrogen-bond donors (Lipinski definition) is 1. The number of H-pyrrole nitrogens is 1. The molecule has 6 rings (SSSR count). The summed E-state index contributed by atoms with van der Waals surface area (Å²) in [6, 6.07) is 7.82. The Morgan fingerprint density at radius 1 is 1.18 bits per heavy atom. The first-order chi connectivity index (χ1) is 16.7. The molecule has 1 aliphatic heterocycles. The lowest BCUT2D eigenvalue weighted by atomic mass is 9.97. The summed E-state index contributed by atoms with van der Waals surface area (Å²) in [7, 11) is 0. The zero-order valence-electron chi connectivity index (χ0n) is 18.8. The van der Waals surface area contributed by atoms with Crippen LogP contribution in [0.15, 0.2) is 33.5 Å². The number of thiophene rings is 1. The Morgan fingerprint density at radius 2 is 2.00 bits per heavy atom. The van der Waals surface area contributed by atoms with Crippen molar-refractivity contribution >= 4 is 50.3 Å². The summed E-state index contributed by atoms with van der Waals surface area (Å²) in [6.45, 7) is 1.43. The van der Waals surface area contributed by atoms with Gasteiger partial charge in [0.1, 0.15) is 16.2 Å².